The van der Waals surface area contributed by atoms with Crippen LogP contribution in [0, 0.1) is 0 Å². The molecule has 0 aliphatic carbocycles. The second-order valence-corrected chi connectivity index (χ2v) is 4.16. The van der Waals surface area contributed by atoms with Crippen molar-refractivity contribution >= 4 is 17.2 Å². The molecule has 86 valence electrons. The summed E-state index contributed by atoms with van der Waals surface area (Å²) in [4.78, 5) is 0.470. The van der Waals surface area contributed by atoms with E-state index in [1.54, 1.807) is 17.5 Å². The average molecular weight is 247 g/mol. The summed E-state index contributed by atoms with van der Waals surface area (Å²) >= 11 is 1.20. The summed E-state index contributed by atoms with van der Waals surface area (Å²) in [6, 6.07) is 3.26. The average Bonchev–Trinajstić information content (AvgIpc) is 2.75. The first kappa shape index (κ1) is 11.0. The van der Waals surface area contributed by atoms with Crippen LogP contribution in [0.2, 0.25) is 0 Å². The molecule has 0 fully saturated rings. The molecule has 0 bridgehead atoms. The van der Waals surface area contributed by atoms with E-state index in [1.807, 2.05) is 0 Å². The summed E-state index contributed by atoms with van der Waals surface area (Å²) in [5, 5.41) is 5.11. The molecule has 0 aliphatic heterocycles. The molecule has 0 atom stereocenters. The fraction of sp³-hybridized carbons (Fsp3) is 0.222. The highest BCUT2D eigenvalue weighted by molar-refractivity contribution is 7.13. The Morgan fingerprint density at radius 1 is 1.44 bits per heavy atom. The van der Waals surface area contributed by atoms with E-state index < -0.39 is 11.9 Å². The van der Waals surface area contributed by atoms with Crippen LogP contribution in [0.1, 0.15) is 5.69 Å². The van der Waals surface area contributed by atoms with E-state index in [0.29, 0.717) is 4.88 Å². The first-order valence-corrected chi connectivity index (χ1v) is 5.22. The second kappa shape index (κ2) is 3.51. The van der Waals surface area contributed by atoms with Crippen LogP contribution in [0.15, 0.2) is 17.5 Å². The minimum atomic E-state index is -4.49. The molecule has 0 saturated carbocycles. The topological polar surface area (TPSA) is 43.8 Å². The van der Waals surface area contributed by atoms with Gasteiger partial charge in [0.25, 0.3) is 0 Å². The summed E-state index contributed by atoms with van der Waals surface area (Å²) in [7, 11) is 1.39. The van der Waals surface area contributed by atoms with Gasteiger partial charge in [-0.15, -0.1) is 11.3 Å². The summed E-state index contributed by atoms with van der Waals surface area (Å²) in [5.41, 5.74) is 4.63. The Morgan fingerprint density at radius 3 is 2.62 bits per heavy atom. The quantitative estimate of drug-likeness (QED) is 0.842. The van der Waals surface area contributed by atoms with Crippen LogP contribution in [-0.4, -0.2) is 9.78 Å². The van der Waals surface area contributed by atoms with Crippen molar-refractivity contribution in [1.82, 2.24) is 9.78 Å². The lowest BCUT2D eigenvalue weighted by Crippen LogP contribution is -2.07. The standard InChI is InChI=1S/C9H8F3N3S/c1-15-8(13)6(5-3-2-4-16-5)7(14-15)9(10,11)12/h2-4H,13H2,1H3. The molecule has 16 heavy (non-hydrogen) atoms. The van der Waals surface area contributed by atoms with Crippen LogP contribution in [0.5, 0.6) is 0 Å². The van der Waals surface area contributed by atoms with Crippen LogP contribution in [0.4, 0.5) is 19.0 Å². The first-order chi connectivity index (χ1) is 7.41. The van der Waals surface area contributed by atoms with E-state index in [-0.39, 0.29) is 11.4 Å². The maximum Gasteiger partial charge on any atom is 0.435 e. The summed E-state index contributed by atoms with van der Waals surface area (Å²) < 4.78 is 39.2. The van der Waals surface area contributed by atoms with Gasteiger partial charge in [0.1, 0.15) is 5.82 Å². The number of aromatic nitrogens is 2. The number of alkyl halides is 3. The van der Waals surface area contributed by atoms with Gasteiger partial charge in [0, 0.05) is 11.9 Å². The number of halogens is 3. The SMILES string of the molecule is Cn1nc(C(F)(F)F)c(-c2cccs2)c1N. The maximum absolute atomic E-state index is 12.7. The summed E-state index contributed by atoms with van der Waals surface area (Å²) in [6.45, 7) is 0. The summed E-state index contributed by atoms with van der Waals surface area (Å²) in [5.74, 6) is 0.0229. The molecule has 0 unspecified atom stereocenters. The van der Waals surface area contributed by atoms with Crippen molar-refractivity contribution in [3.05, 3.63) is 23.2 Å². The van der Waals surface area contributed by atoms with Gasteiger partial charge < -0.3 is 5.73 Å². The largest absolute Gasteiger partial charge is 0.435 e. The minimum absolute atomic E-state index is 0.0229. The van der Waals surface area contributed by atoms with Crippen molar-refractivity contribution in [3.63, 3.8) is 0 Å². The molecule has 0 spiro atoms. The van der Waals surface area contributed by atoms with Crippen LogP contribution >= 0.6 is 11.3 Å². The van der Waals surface area contributed by atoms with Gasteiger partial charge in [-0.25, -0.2) is 0 Å². The van der Waals surface area contributed by atoms with Gasteiger partial charge in [-0.1, -0.05) is 6.07 Å². The van der Waals surface area contributed by atoms with Crippen LogP contribution < -0.4 is 5.73 Å². The van der Waals surface area contributed by atoms with E-state index in [4.69, 9.17) is 5.73 Å². The number of rotatable bonds is 1. The molecule has 2 aromatic heterocycles. The van der Waals surface area contributed by atoms with Gasteiger partial charge in [0.05, 0.1) is 5.56 Å². The molecular weight excluding hydrogens is 239 g/mol. The zero-order valence-electron chi connectivity index (χ0n) is 8.25. The third-order valence-electron chi connectivity index (χ3n) is 2.13. The van der Waals surface area contributed by atoms with Crippen molar-refractivity contribution in [2.75, 3.05) is 5.73 Å². The first-order valence-electron chi connectivity index (χ1n) is 4.35. The third kappa shape index (κ3) is 1.67. The Bertz CT molecular complexity index is 499. The number of hydrogen-bond acceptors (Lipinski definition) is 3. The van der Waals surface area contributed by atoms with Gasteiger partial charge in [-0.2, -0.15) is 18.3 Å². The van der Waals surface area contributed by atoms with Crippen molar-refractivity contribution in [2.24, 2.45) is 7.05 Å². The molecule has 2 aromatic rings. The lowest BCUT2D eigenvalue weighted by Gasteiger charge is -2.04. The van der Waals surface area contributed by atoms with Gasteiger partial charge >= 0.3 is 6.18 Å². The van der Waals surface area contributed by atoms with Crippen molar-refractivity contribution < 1.29 is 13.2 Å². The smallest absolute Gasteiger partial charge is 0.383 e. The molecule has 2 N–H and O–H groups in total. The predicted molar refractivity (Wildman–Crippen MR) is 55.9 cm³/mol. The van der Waals surface area contributed by atoms with Gasteiger partial charge in [0.2, 0.25) is 0 Å². The molecule has 0 amide bonds. The van der Waals surface area contributed by atoms with Gasteiger partial charge in [0.15, 0.2) is 5.69 Å². The molecule has 2 rings (SSSR count). The number of nitrogens with zero attached hydrogens (tertiary/aromatic N) is 2. The van der Waals surface area contributed by atoms with E-state index in [9.17, 15) is 13.2 Å². The Labute approximate surface area is 93.3 Å². The number of hydrogen-bond donors (Lipinski definition) is 1. The molecular formula is C9H8F3N3S. The van der Waals surface area contributed by atoms with Gasteiger partial charge in [-0.3, -0.25) is 4.68 Å². The third-order valence-corrected chi connectivity index (χ3v) is 3.02. The van der Waals surface area contributed by atoms with Crippen molar-refractivity contribution in [3.8, 4) is 10.4 Å². The molecule has 0 aromatic carbocycles. The van der Waals surface area contributed by atoms with Crippen molar-refractivity contribution in [1.29, 1.82) is 0 Å². The number of aryl methyl sites for hydroxylation is 1. The number of thiophene rings is 1. The van der Waals surface area contributed by atoms with Crippen LogP contribution in [0.3, 0.4) is 0 Å². The van der Waals surface area contributed by atoms with E-state index in [0.717, 1.165) is 4.68 Å². The van der Waals surface area contributed by atoms with E-state index in [1.165, 1.54) is 18.4 Å². The lowest BCUT2D eigenvalue weighted by atomic mass is 10.2. The molecule has 2 heterocycles. The lowest BCUT2D eigenvalue weighted by molar-refractivity contribution is -0.140. The van der Waals surface area contributed by atoms with Crippen LogP contribution in [-0.2, 0) is 13.2 Å². The maximum atomic E-state index is 12.7. The molecule has 0 saturated heterocycles. The van der Waals surface area contributed by atoms with E-state index in [2.05, 4.69) is 5.10 Å². The normalized spacial score (nSPS) is 12.0. The fourth-order valence-corrected chi connectivity index (χ4v) is 2.18. The van der Waals surface area contributed by atoms with E-state index >= 15 is 0 Å². The number of anilines is 1. The molecule has 0 aliphatic rings. The van der Waals surface area contributed by atoms with Crippen molar-refractivity contribution in [2.45, 2.75) is 6.18 Å². The molecule has 3 nitrogen and oxygen atoms in total. The van der Waals surface area contributed by atoms with Gasteiger partial charge in [-0.05, 0) is 11.4 Å². The Hall–Kier alpha value is -1.50. The Kier molecular flexibility index (Phi) is 2.42. The molecule has 7 heteroatoms. The minimum Gasteiger partial charge on any atom is -0.383 e. The Morgan fingerprint density at radius 2 is 2.12 bits per heavy atom. The number of nitrogens with two attached hydrogens (primary N) is 1. The highest BCUT2D eigenvalue weighted by Gasteiger charge is 2.39. The fourth-order valence-electron chi connectivity index (χ4n) is 1.40. The zero-order chi connectivity index (χ0) is 11.9. The van der Waals surface area contributed by atoms with Crippen LogP contribution in [0.25, 0.3) is 10.4 Å². The second-order valence-electron chi connectivity index (χ2n) is 3.21. The molecule has 0 radical (unpaired) electrons. The highest BCUT2D eigenvalue weighted by atomic mass is 32.1. The monoisotopic (exact) mass is 247 g/mol. The Balaban J connectivity index is 2.68. The zero-order valence-corrected chi connectivity index (χ0v) is 9.06. The number of nitrogen functional groups attached to an aromatic ring is 1. The highest BCUT2D eigenvalue weighted by Crippen LogP contribution is 2.40. The summed E-state index contributed by atoms with van der Waals surface area (Å²) in [6.07, 6.45) is -4.49. The predicted octanol–water partition coefficient (Wildman–Crippen LogP) is 2.75.